The van der Waals surface area contributed by atoms with Crippen molar-refractivity contribution in [2.75, 3.05) is 19.8 Å². The number of tetrazole rings is 1. The maximum Gasteiger partial charge on any atom is 0.253 e. The van der Waals surface area contributed by atoms with Gasteiger partial charge in [-0.1, -0.05) is 24.3 Å². The number of benzene rings is 2. The zero-order valence-corrected chi connectivity index (χ0v) is 24.4. The number of aromatic nitrogens is 5. The Morgan fingerprint density at radius 3 is 2.58 bits per heavy atom. The van der Waals surface area contributed by atoms with Gasteiger partial charge in [-0.25, -0.2) is 4.68 Å². The van der Waals surface area contributed by atoms with Crippen molar-refractivity contribution in [1.82, 2.24) is 30.1 Å². The quantitative estimate of drug-likeness (QED) is 0.315. The lowest BCUT2D eigenvalue weighted by molar-refractivity contribution is 0.0564. The van der Waals surface area contributed by atoms with Gasteiger partial charge in [-0.05, 0) is 99.7 Å². The number of aromatic amines is 1. The van der Waals surface area contributed by atoms with E-state index in [4.69, 9.17) is 9.47 Å². The van der Waals surface area contributed by atoms with Gasteiger partial charge in [0.05, 0.1) is 23.8 Å². The van der Waals surface area contributed by atoms with E-state index < -0.39 is 6.04 Å². The molecule has 212 valence electrons. The summed E-state index contributed by atoms with van der Waals surface area (Å²) in [6, 6.07) is 13.8. The van der Waals surface area contributed by atoms with Crippen LogP contribution in [0, 0.1) is 13.8 Å². The first-order chi connectivity index (χ1) is 19.2. The molecule has 1 aliphatic heterocycles. The largest absolute Gasteiger partial charge is 0.494 e. The minimum Gasteiger partial charge on any atom is -0.494 e. The van der Waals surface area contributed by atoms with Crippen molar-refractivity contribution in [1.29, 1.82) is 0 Å². The molecule has 0 bridgehead atoms. The first-order valence-electron chi connectivity index (χ1n) is 14.1. The summed E-state index contributed by atoms with van der Waals surface area (Å²) in [6.07, 6.45) is 2.07. The molecule has 1 N–H and O–H groups in total. The molecule has 2 atom stereocenters. The van der Waals surface area contributed by atoms with Crippen LogP contribution in [0.25, 0.3) is 10.9 Å². The summed E-state index contributed by atoms with van der Waals surface area (Å²) in [5, 5.41) is 14.0. The topological polar surface area (TPSA) is 98.2 Å². The summed E-state index contributed by atoms with van der Waals surface area (Å²) in [4.78, 5) is 19.4. The summed E-state index contributed by atoms with van der Waals surface area (Å²) in [5.74, 6) is 1.47. The number of aryl methyl sites for hydroxylation is 2. The third-order valence-electron chi connectivity index (χ3n) is 7.59. The molecule has 0 amide bonds. The predicted octanol–water partition coefficient (Wildman–Crippen LogP) is 5.06. The molecule has 5 rings (SSSR count). The smallest absolute Gasteiger partial charge is 0.253 e. The molecular formula is C31H40N6O3. The standard InChI is InChI=1S/C31H40N6O3/c1-7-39-23-14-12-22(13-15-23)18-36(19-24-9-8-16-40-24)28(29-33-34-35-37(29)31(4,5)6)26-17-25-20(2)10-11-21(3)27(25)32-30(26)38/h10-15,17,24,28H,7-9,16,18-19H2,1-6H3,(H,32,38)/t24-,28+/m1/s1. The van der Waals surface area contributed by atoms with Crippen LogP contribution in [0.15, 0.2) is 47.3 Å². The highest BCUT2D eigenvalue weighted by Crippen LogP contribution is 2.33. The fourth-order valence-electron chi connectivity index (χ4n) is 5.54. The number of H-pyrrole nitrogens is 1. The molecule has 4 aromatic rings. The minimum absolute atomic E-state index is 0.0627. The van der Waals surface area contributed by atoms with Crippen LogP contribution in [0.3, 0.4) is 0 Å². The highest BCUT2D eigenvalue weighted by Gasteiger charge is 2.35. The van der Waals surface area contributed by atoms with Crippen LogP contribution in [0.4, 0.5) is 0 Å². The van der Waals surface area contributed by atoms with Crippen LogP contribution >= 0.6 is 0 Å². The predicted molar refractivity (Wildman–Crippen MR) is 156 cm³/mol. The van der Waals surface area contributed by atoms with Crippen LogP contribution in [0.5, 0.6) is 5.75 Å². The molecule has 1 fully saturated rings. The molecule has 2 aromatic carbocycles. The average Bonchev–Trinajstić information content (AvgIpc) is 3.61. The Labute approximate surface area is 235 Å². The number of nitrogens with zero attached hydrogens (tertiary/aromatic N) is 5. The summed E-state index contributed by atoms with van der Waals surface area (Å²) in [7, 11) is 0. The van der Waals surface area contributed by atoms with E-state index in [9.17, 15) is 4.79 Å². The van der Waals surface area contributed by atoms with Gasteiger partial charge in [0.1, 0.15) is 11.8 Å². The van der Waals surface area contributed by atoms with Crippen LogP contribution < -0.4 is 10.3 Å². The van der Waals surface area contributed by atoms with Gasteiger partial charge in [-0.15, -0.1) is 5.10 Å². The summed E-state index contributed by atoms with van der Waals surface area (Å²) < 4.78 is 13.6. The molecule has 40 heavy (non-hydrogen) atoms. The first-order valence-corrected chi connectivity index (χ1v) is 14.1. The lowest BCUT2D eigenvalue weighted by Crippen LogP contribution is -2.40. The molecule has 0 radical (unpaired) electrons. The molecule has 3 heterocycles. The van der Waals surface area contributed by atoms with E-state index in [-0.39, 0.29) is 17.2 Å². The molecule has 9 heteroatoms. The lowest BCUT2D eigenvalue weighted by atomic mass is 9.98. The third kappa shape index (κ3) is 5.81. The van der Waals surface area contributed by atoms with Crippen molar-refractivity contribution >= 4 is 10.9 Å². The van der Waals surface area contributed by atoms with Crippen molar-refractivity contribution in [3.63, 3.8) is 0 Å². The second-order valence-electron chi connectivity index (χ2n) is 11.7. The highest BCUT2D eigenvalue weighted by molar-refractivity contribution is 5.85. The van der Waals surface area contributed by atoms with E-state index in [1.54, 1.807) is 0 Å². The first kappa shape index (κ1) is 28.0. The van der Waals surface area contributed by atoms with Gasteiger partial charge >= 0.3 is 0 Å². The molecule has 0 aliphatic carbocycles. The fourth-order valence-corrected chi connectivity index (χ4v) is 5.54. The zero-order chi connectivity index (χ0) is 28.4. The molecule has 2 aromatic heterocycles. The number of pyridine rings is 1. The Morgan fingerprint density at radius 1 is 1.15 bits per heavy atom. The number of nitrogens with one attached hydrogen (secondary N) is 1. The van der Waals surface area contributed by atoms with Crippen LogP contribution in [-0.2, 0) is 16.8 Å². The Bertz CT molecular complexity index is 1510. The van der Waals surface area contributed by atoms with Gasteiger partial charge < -0.3 is 14.5 Å². The third-order valence-corrected chi connectivity index (χ3v) is 7.59. The molecule has 0 saturated carbocycles. The van der Waals surface area contributed by atoms with Gasteiger partial charge in [0.15, 0.2) is 5.82 Å². The van der Waals surface area contributed by atoms with Gasteiger partial charge in [0, 0.05) is 30.6 Å². The number of fused-ring (bicyclic) bond motifs is 1. The van der Waals surface area contributed by atoms with Gasteiger partial charge in [-0.3, -0.25) is 9.69 Å². The minimum atomic E-state index is -0.502. The van der Waals surface area contributed by atoms with E-state index in [2.05, 4.69) is 71.3 Å². The van der Waals surface area contributed by atoms with Crippen LogP contribution in [-0.4, -0.2) is 56.0 Å². The van der Waals surface area contributed by atoms with Crippen molar-refractivity contribution in [3.05, 3.63) is 80.9 Å². The van der Waals surface area contributed by atoms with Crippen molar-refractivity contribution in [2.45, 2.75) is 78.6 Å². The monoisotopic (exact) mass is 544 g/mol. The number of hydrogen-bond donors (Lipinski definition) is 1. The van der Waals surface area contributed by atoms with Crippen LogP contribution in [0.2, 0.25) is 0 Å². The number of ether oxygens (including phenoxy) is 2. The van der Waals surface area contributed by atoms with Gasteiger partial charge in [0.2, 0.25) is 0 Å². The molecule has 1 aliphatic rings. The number of hydrogen-bond acceptors (Lipinski definition) is 7. The highest BCUT2D eigenvalue weighted by atomic mass is 16.5. The normalized spacial score (nSPS) is 16.6. The van der Waals surface area contributed by atoms with E-state index in [0.29, 0.717) is 31.1 Å². The molecular weight excluding hydrogens is 504 g/mol. The van der Waals surface area contributed by atoms with Crippen molar-refractivity contribution < 1.29 is 9.47 Å². The lowest BCUT2D eigenvalue weighted by Gasteiger charge is -2.34. The van der Waals surface area contributed by atoms with Gasteiger partial charge in [0.25, 0.3) is 5.56 Å². The fraction of sp³-hybridized carbons (Fsp3) is 0.484. The maximum absolute atomic E-state index is 13.9. The maximum atomic E-state index is 13.9. The molecule has 1 saturated heterocycles. The Hall–Kier alpha value is -3.56. The molecule has 0 unspecified atom stereocenters. The number of rotatable bonds is 9. The SMILES string of the molecule is CCOc1ccc(CN(C[C@H]2CCCO2)[C@@H](c2cc3c(C)ccc(C)c3[nH]c2=O)c2nnnn2C(C)(C)C)cc1. The van der Waals surface area contributed by atoms with Crippen molar-refractivity contribution in [2.24, 2.45) is 0 Å². The Balaban J connectivity index is 1.68. The second kappa shape index (κ2) is 11.5. The van der Waals surface area contributed by atoms with E-state index in [0.717, 1.165) is 52.8 Å². The average molecular weight is 545 g/mol. The Morgan fingerprint density at radius 2 is 1.90 bits per heavy atom. The second-order valence-corrected chi connectivity index (χ2v) is 11.7. The summed E-state index contributed by atoms with van der Waals surface area (Å²) in [6.45, 7) is 14.9. The molecule has 9 nitrogen and oxygen atoms in total. The van der Waals surface area contributed by atoms with Gasteiger partial charge in [-0.2, -0.15) is 0 Å². The Kier molecular flexibility index (Phi) is 8.05. The summed E-state index contributed by atoms with van der Waals surface area (Å²) >= 11 is 0. The zero-order valence-electron chi connectivity index (χ0n) is 24.4. The molecule has 0 spiro atoms. The van der Waals surface area contributed by atoms with Crippen LogP contribution in [0.1, 0.15) is 74.7 Å². The van der Waals surface area contributed by atoms with E-state index >= 15 is 0 Å². The van der Waals surface area contributed by atoms with E-state index in [1.807, 2.05) is 42.8 Å². The van der Waals surface area contributed by atoms with E-state index in [1.165, 1.54) is 0 Å². The van der Waals surface area contributed by atoms with Crippen molar-refractivity contribution in [3.8, 4) is 5.75 Å². The summed E-state index contributed by atoms with van der Waals surface area (Å²) in [5.41, 5.74) is 4.19.